The number of alkyl halides is 1. The van der Waals surface area contributed by atoms with Gasteiger partial charge in [-0.1, -0.05) is 38.8 Å². The quantitative estimate of drug-likeness (QED) is 0.524. The van der Waals surface area contributed by atoms with Gasteiger partial charge in [-0.25, -0.2) is 4.68 Å². The van der Waals surface area contributed by atoms with E-state index in [-0.39, 0.29) is 0 Å². The second kappa shape index (κ2) is 7.70. The van der Waals surface area contributed by atoms with Crippen LogP contribution in [0.15, 0.2) is 0 Å². The lowest BCUT2D eigenvalue weighted by Gasteiger charge is -2.08. The molecular formula is C13H24ClN3. The van der Waals surface area contributed by atoms with Crippen LogP contribution in [0, 0.1) is 5.92 Å². The predicted molar refractivity (Wildman–Crippen MR) is 72.3 cm³/mol. The van der Waals surface area contributed by atoms with Gasteiger partial charge in [0.25, 0.3) is 0 Å². The second-order valence-electron chi connectivity index (χ2n) is 4.98. The molecule has 1 rings (SSSR count). The Morgan fingerprint density at radius 2 is 2.06 bits per heavy atom. The number of hydrogen-bond acceptors (Lipinski definition) is 2. The summed E-state index contributed by atoms with van der Waals surface area (Å²) in [5, 5.41) is 8.39. The molecule has 0 amide bonds. The van der Waals surface area contributed by atoms with Crippen molar-refractivity contribution in [2.45, 2.75) is 65.3 Å². The zero-order valence-electron chi connectivity index (χ0n) is 11.2. The Bertz CT molecular complexity index is 320. The molecule has 0 saturated carbocycles. The van der Waals surface area contributed by atoms with Crippen LogP contribution in [0.25, 0.3) is 0 Å². The van der Waals surface area contributed by atoms with Crippen LogP contribution in [0.4, 0.5) is 0 Å². The fourth-order valence-electron chi connectivity index (χ4n) is 1.86. The van der Waals surface area contributed by atoms with E-state index in [0.29, 0.717) is 11.8 Å². The van der Waals surface area contributed by atoms with E-state index in [1.54, 1.807) is 0 Å². The third-order valence-electron chi connectivity index (χ3n) is 2.98. The molecule has 0 spiro atoms. The second-order valence-corrected chi connectivity index (χ2v) is 5.25. The molecule has 0 unspecified atom stereocenters. The molecule has 0 atom stereocenters. The molecule has 0 bridgehead atoms. The lowest BCUT2D eigenvalue weighted by Crippen LogP contribution is -2.07. The van der Waals surface area contributed by atoms with Crippen molar-refractivity contribution >= 4 is 11.6 Å². The van der Waals surface area contributed by atoms with E-state index in [1.165, 1.54) is 31.4 Å². The molecule has 0 aliphatic carbocycles. The SMILES string of the molecule is CCCCCn1nnc(CCl)c1CCC(C)C. The number of nitrogens with zero attached hydrogens (tertiary/aromatic N) is 3. The van der Waals surface area contributed by atoms with Crippen molar-refractivity contribution in [3.05, 3.63) is 11.4 Å². The smallest absolute Gasteiger partial charge is 0.101 e. The van der Waals surface area contributed by atoms with Gasteiger partial charge in [-0.15, -0.1) is 16.7 Å². The van der Waals surface area contributed by atoms with E-state index < -0.39 is 0 Å². The molecule has 0 saturated heterocycles. The maximum atomic E-state index is 5.91. The summed E-state index contributed by atoms with van der Waals surface area (Å²) in [5.41, 5.74) is 2.20. The Morgan fingerprint density at radius 1 is 1.29 bits per heavy atom. The first-order valence-corrected chi connectivity index (χ1v) is 7.19. The number of halogens is 1. The molecule has 17 heavy (non-hydrogen) atoms. The van der Waals surface area contributed by atoms with Gasteiger partial charge in [0.15, 0.2) is 0 Å². The zero-order chi connectivity index (χ0) is 12.7. The van der Waals surface area contributed by atoms with Gasteiger partial charge in [0.2, 0.25) is 0 Å². The third-order valence-corrected chi connectivity index (χ3v) is 3.23. The molecule has 1 aromatic rings. The molecule has 98 valence electrons. The highest BCUT2D eigenvalue weighted by molar-refractivity contribution is 6.16. The first-order chi connectivity index (χ1) is 8.19. The lowest BCUT2D eigenvalue weighted by atomic mass is 10.1. The first-order valence-electron chi connectivity index (χ1n) is 6.66. The monoisotopic (exact) mass is 257 g/mol. The molecule has 1 aromatic heterocycles. The number of aromatic nitrogens is 3. The Morgan fingerprint density at radius 3 is 2.65 bits per heavy atom. The number of aryl methyl sites for hydroxylation is 1. The maximum absolute atomic E-state index is 5.91. The van der Waals surface area contributed by atoms with Crippen LogP contribution in [-0.4, -0.2) is 15.0 Å². The van der Waals surface area contributed by atoms with Crippen molar-refractivity contribution in [1.82, 2.24) is 15.0 Å². The molecule has 3 nitrogen and oxygen atoms in total. The zero-order valence-corrected chi connectivity index (χ0v) is 12.0. The van der Waals surface area contributed by atoms with Crippen molar-refractivity contribution in [1.29, 1.82) is 0 Å². The van der Waals surface area contributed by atoms with Crippen molar-refractivity contribution in [3.63, 3.8) is 0 Å². The van der Waals surface area contributed by atoms with E-state index in [4.69, 9.17) is 11.6 Å². The summed E-state index contributed by atoms with van der Waals surface area (Å²) >= 11 is 5.91. The Kier molecular flexibility index (Phi) is 6.56. The molecule has 0 radical (unpaired) electrons. The fourth-order valence-corrected chi connectivity index (χ4v) is 2.07. The summed E-state index contributed by atoms with van der Waals surface area (Å²) < 4.78 is 2.05. The predicted octanol–water partition coefficient (Wildman–Crippen LogP) is 3.80. The summed E-state index contributed by atoms with van der Waals surface area (Å²) in [5.74, 6) is 1.18. The van der Waals surface area contributed by atoms with E-state index >= 15 is 0 Å². The van der Waals surface area contributed by atoms with E-state index in [1.807, 2.05) is 0 Å². The fraction of sp³-hybridized carbons (Fsp3) is 0.846. The van der Waals surface area contributed by atoms with Crippen molar-refractivity contribution < 1.29 is 0 Å². The Balaban J connectivity index is 2.64. The lowest BCUT2D eigenvalue weighted by molar-refractivity contribution is 0.501. The largest absolute Gasteiger partial charge is 0.249 e. The Labute approximate surface area is 110 Å². The normalized spacial score (nSPS) is 11.4. The molecule has 4 heteroatoms. The minimum atomic E-state index is 0.473. The average Bonchev–Trinajstić information content (AvgIpc) is 2.69. The topological polar surface area (TPSA) is 30.7 Å². The van der Waals surface area contributed by atoms with E-state index in [2.05, 4.69) is 35.8 Å². The van der Waals surface area contributed by atoms with Gasteiger partial charge in [0, 0.05) is 6.54 Å². The number of rotatable bonds is 8. The summed E-state index contributed by atoms with van der Waals surface area (Å²) in [6.07, 6.45) is 5.87. The van der Waals surface area contributed by atoms with Crippen LogP contribution in [0.2, 0.25) is 0 Å². The number of hydrogen-bond donors (Lipinski definition) is 0. The van der Waals surface area contributed by atoms with Gasteiger partial charge < -0.3 is 0 Å². The van der Waals surface area contributed by atoms with Crippen LogP contribution in [-0.2, 0) is 18.8 Å². The summed E-state index contributed by atoms with van der Waals surface area (Å²) in [6.45, 7) is 7.67. The van der Waals surface area contributed by atoms with Gasteiger partial charge in [-0.2, -0.15) is 0 Å². The van der Waals surface area contributed by atoms with Crippen molar-refractivity contribution in [3.8, 4) is 0 Å². The van der Waals surface area contributed by atoms with Gasteiger partial charge in [0.05, 0.1) is 11.6 Å². The minimum absolute atomic E-state index is 0.473. The average molecular weight is 258 g/mol. The van der Waals surface area contributed by atoms with Crippen LogP contribution in [0.1, 0.15) is 57.8 Å². The first kappa shape index (κ1) is 14.5. The molecule has 0 fully saturated rings. The third kappa shape index (κ3) is 4.66. The summed E-state index contributed by atoms with van der Waals surface area (Å²) in [6, 6.07) is 0. The van der Waals surface area contributed by atoms with Gasteiger partial charge >= 0.3 is 0 Å². The molecular weight excluding hydrogens is 234 g/mol. The van der Waals surface area contributed by atoms with Crippen molar-refractivity contribution in [2.75, 3.05) is 0 Å². The van der Waals surface area contributed by atoms with Crippen molar-refractivity contribution in [2.24, 2.45) is 5.92 Å². The highest BCUT2D eigenvalue weighted by Crippen LogP contribution is 2.15. The summed E-state index contributed by atoms with van der Waals surface area (Å²) in [4.78, 5) is 0. The van der Waals surface area contributed by atoms with Gasteiger partial charge in [-0.05, 0) is 25.2 Å². The Hall–Kier alpha value is -0.570. The van der Waals surface area contributed by atoms with Crippen LogP contribution >= 0.6 is 11.6 Å². The maximum Gasteiger partial charge on any atom is 0.101 e. The number of unbranched alkanes of at least 4 members (excludes halogenated alkanes) is 2. The minimum Gasteiger partial charge on any atom is -0.249 e. The van der Waals surface area contributed by atoms with Crippen LogP contribution < -0.4 is 0 Å². The summed E-state index contributed by atoms with van der Waals surface area (Å²) in [7, 11) is 0. The van der Waals surface area contributed by atoms with E-state index in [9.17, 15) is 0 Å². The molecule has 0 aliphatic heterocycles. The molecule has 0 aliphatic rings. The standard InChI is InChI=1S/C13H24ClN3/c1-4-5-6-9-17-13(8-7-11(2)3)12(10-14)15-16-17/h11H,4-10H2,1-3H3. The molecule has 0 aromatic carbocycles. The van der Waals surface area contributed by atoms with Gasteiger partial charge in [0.1, 0.15) is 5.69 Å². The highest BCUT2D eigenvalue weighted by Gasteiger charge is 2.12. The molecule has 1 heterocycles. The highest BCUT2D eigenvalue weighted by atomic mass is 35.5. The van der Waals surface area contributed by atoms with Crippen LogP contribution in [0.5, 0.6) is 0 Å². The molecule has 0 N–H and O–H groups in total. The van der Waals surface area contributed by atoms with Gasteiger partial charge in [-0.3, -0.25) is 0 Å². The van der Waals surface area contributed by atoms with Crippen LogP contribution in [0.3, 0.4) is 0 Å². The van der Waals surface area contributed by atoms with E-state index in [0.717, 1.165) is 18.7 Å².